The lowest BCUT2D eigenvalue weighted by atomic mass is 10.0. The van der Waals surface area contributed by atoms with Gasteiger partial charge in [0.2, 0.25) is 15.9 Å². The van der Waals surface area contributed by atoms with Crippen LogP contribution >= 0.6 is 0 Å². The Morgan fingerprint density at radius 2 is 1.85 bits per heavy atom. The van der Waals surface area contributed by atoms with Crippen molar-refractivity contribution >= 4 is 15.9 Å². The first-order valence-corrected chi connectivity index (χ1v) is 9.61. The first-order valence-electron chi connectivity index (χ1n) is 7.72. The molecule has 5 nitrogen and oxygen atoms in total. The minimum absolute atomic E-state index is 0.0484. The second-order valence-electron chi connectivity index (χ2n) is 6.59. The molecule has 0 aromatic heterocycles. The number of carbonyl (C=O) groups excluding carboxylic acids is 1. The van der Waals surface area contributed by atoms with Crippen molar-refractivity contribution in [3.63, 3.8) is 0 Å². The Morgan fingerprint density at radius 3 is 2.50 bits per heavy atom. The molecule has 3 aliphatic rings. The molecule has 0 radical (unpaired) electrons. The van der Waals surface area contributed by atoms with Crippen LogP contribution in [0.2, 0.25) is 0 Å². The number of fused-ring (bicyclic) bond motifs is 1. The highest BCUT2D eigenvalue weighted by Gasteiger charge is 2.57. The fraction of sp³-hybridized carbons (Fsp3) is 0.929. The van der Waals surface area contributed by atoms with Gasteiger partial charge < -0.3 is 4.90 Å². The Morgan fingerprint density at radius 1 is 1.15 bits per heavy atom. The number of rotatable bonds is 4. The van der Waals surface area contributed by atoms with Crippen molar-refractivity contribution in [3.8, 4) is 0 Å². The molecule has 114 valence electrons. The van der Waals surface area contributed by atoms with Crippen molar-refractivity contribution in [2.75, 3.05) is 19.3 Å². The Hall–Kier alpha value is -0.620. The van der Waals surface area contributed by atoms with Crippen molar-refractivity contribution in [3.05, 3.63) is 0 Å². The van der Waals surface area contributed by atoms with E-state index in [1.54, 1.807) is 0 Å². The average molecular weight is 300 g/mol. The zero-order valence-corrected chi connectivity index (χ0v) is 12.9. The lowest BCUT2D eigenvalue weighted by molar-refractivity contribution is -0.137. The van der Waals surface area contributed by atoms with Crippen LogP contribution in [-0.2, 0) is 14.8 Å². The molecule has 20 heavy (non-hydrogen) atoms. The predicted molar refractivity (Wildman–Crippen MR) is 76.5 cm³/mol. The molecule has 1 aliphatic heterocycles. The van der Waals surface area contributed by atoms with Gasteiger partial charge in [-0.05, 0) is 43.9 Å². The zero-order chi connectivity index (χ0) is 14.3. The van der Waals surface area contributed by atoms with E-state index >= 15 is 0 Å². The van der Waals surface area contributed by atoms with Gasteiger partial charge in [-0.2, -0.15) is 0 Å². The van der Waals surface area contributed by atoms with Crippen LogP contribution < -0.4 is 4.72 Å². The minimum atomic E-state index is -3.18. The van der Waals surface area contributed by atoms with Crippen molar-refractivity contribution in [1.29, 1.82) is 0 Å². The third-order valence-corrected chi connectivity index (χ3v) is 5.87. The van der Waals surface area contributed by atoms with Crippen LogP contribution in [0.5, 0.6) is 0 Å². The van der Waals surface area contributed by atoms with Crippen LogP contribution in [0, 0.1) is 17.8 Å². The maximum Gasteiger partial charge on any atom is 0.226 e. The van der Waals surface area contributed by atoms with Crippen molar-refractivity contribution < 1.29 is 13.2 Å². The highest BCUT2D eigenvalue weighted by atomic mass is 32.2. The van der Waals surface area contributed by atoms with Gasteiger partial charge in [0.1, 0.15) is 0 Å². The Kier molecular flexibility index (Phi) is 3.79. The predicted octanol–water partition coefficient (Wildman–Crippen LogP) is 0.963. The van der Waals surface area contributed by atoms with Crippen LogP contribution in [0.4, 0.5) is 0 Å². The summed E-state index contributed by atoms with van der Waals surface area (Å²) in [5.74, 6) is 1.81. The van der Waals surface area contributed by atoms with Gasteiger partial charge >= 0.3 is 0 Å². The van der Waals surface area contributed by atoms with E-state index in [9.17, 15) is 13.2 Å². The number of hydrogen-bond acceptors (Lipinski definition) is 3. The van der Waals surface area contributed by atoms with Gasteiger partial charge in [0.25, 0.3) is 0 Å². The molecule has 0 aromatic carbocycles. The fourth-order valence-corrected chi connectivity index (χ4v) is 4.62. The molecule has 6 heteroatoms. The molecule has 1 amide bonds. The number of hydrogen-bond donors (Lipinski definition) is 1. The van der Waals surface area contributed by atoms with E-state index in [2.05, 4.69) is 4.72 Å². The third kappa shape index (κ3) is 2.86. The van der Waals surface area contributed by atoms with E-state index in [0.717, 1.165) is 25.8 Å². The number of piperidine rings is 1. The quantitative estimate of drug-likeness (QED) is 0.841. The van der Waals surface area contributed by atoms with E-state index in [-0.39, 0.29) is 12.0 Å². The monoisotopic (exact) mass is 300 g/mol. The van der Waals surface area contributed by atoms with Crippen LogP contribution in [0.1, 0.15) is 38.5 Å². The topological polar surface area (TPSA) is 66.5 Å². The molecule has 2 aliphatic carbocycles. The second-order valence-corrected chi connectivity index (χ2v) is 8.42. The summed E-state index contributed by atoms with van der Waals surface area (Å²) in [6.07, 6.45) is 7.91. The smallest absolute Gasteiger partial charge is 0.226 e. The number of sulfonamides is 1. The van der Waals surface area contributed by atoms with Gasteiger partial charge in [0.15, 0.2) is 0 Å². The van der Waals surface area contributed by atoms with Gasteiger partial charge in [0, 0.05) is 25.0 Å². The molecule has 3 rings (SSSR count). The number of amides is 1. The highest BCUT2D eigenvalue weighted by Crippen LogP contribution is 2.58. The highest BCUT2D eigenvalue weighted by molar-refractivity contribution is 7.88. The van der Waals surface area contributed by atoms with Crippen LogP contribution in [0.15, 0.2) is 0 Å². The lowest BCUT2D eigenvalue weighted by Crippen LogP contribution is -2.50. The summed E-state index contributed by atoms with van der Waals surface area (Å²) >= 11 is 0. The summed E-state index contributed by atoms with van der Waals surface area (Å²) in [4.78, 5) is 14.6. The van der Waals surface area contributed by atoms with Gasteiger partial charge in [-0.15, -0.1) is 0 Å². The van der Waals surface area contributed by atoms with Gasteiger partial charge in [0.05, 0.1) is 6.26 Å². The molecule has 1 heterocycles. The molecular formula is C14H24N2O3S. The maximum absolute atomic E-state index is 12.7. The summed E-state index contributed by atoms with van der Waals surface area (Å²) in [7, 11) is -3.18. The molecule has 0 spiro atoms. The standard InChI is InChI=1S/C14H24N2O3S/c1-20(18,19)15-9-10-5-2-3-8-16(10)14(17)13-11-6-4-7-12(11)13/h10-13,15H,2-9H2,1H3/t10-,11-,12+,13?/m0/s1. The van der Waals surface area contributed by atoms with E-state index in [4.69, 9.17) is 0 Å². The van der Waals surface area contributed by atoms with Gasteiger partial charge in [-0.25, -0.2) is 13.1 Å². The van der Waals surface area contributed by atoms with Crippen LogP contribution in [-0.4, -0.2) is 44.6 Å². The number of carbonyl (C=O) groups is 1. The largest absolute Gasteiger partial charge is 0.338 e. The first kappa shape index (κ1) is 14.3. The van der Waals surface area contributed by atoms with Crippen molar-refractivity contribution in [2.24, 2.45) is 17.8 Å². The molecule has 4 atom stereocenters. The summed E-state index contributed by atoms with van der Waals surface area (Å²) in [5.41, 5.74) is 0. The second kappa shape index (κ2) is 5.30. The molecule has 1 unspecified atom stereocenters. The summed E-state index contributed by atoms with van der Waals surface area (Å²) < 4.78 is 25.0. The average Bonchev–Trinajstić information content (AvgIpc) is 2.88. The molecule has 1 saturated heterocycles. The summed E-state index contributed by atoms with van der Waals surface area (Å²) in [5, 5.41) is 0. The normalized spacial score (nSPS) is 36.8. The van der Waals surface area contributed by atoms with Gasteiger partial charge in [-0.1, -0.05) is 6.42 Å². The van der Waals surface area contributed by atoms with E-state index in [1.807, 2.05) is 4.90 Å². The van der Waals surface area contributed by atoms with E-state index < -0.39 is 10.0 Å². The fourth-order valence-electron chi connectivity index (χ4n) is 4.13. The van der Waals surface area contributed by atoms with E-state index in [0.29, 0.717) is 24.3 Å². The molecule has 0 aromatic rings. The third-order valence-electron chi connectivity index (χ3n) is 5.18. The first-order chi connectivity index (χ1) is 9.47. The molecule has 2 saturated carbocycles. The summed E-state index contributed by atoms with van der Waals surface area (Å²) in [6, 6.07) is 0.0484. The number of likely N-dealkylation sites (tertiary alicyclic amines) is 1. The van der Waals surface area contributed by atoms with Crippen molar-refractivity contribution in [1.82, 2.24) is 9.62 Å². The molecule has 3 fully saturated rings. The van der Waals surface area contributed by atoms with Crippen LogP contribution in [0.3, 0.4) is 0 Å². The zero-order valence-electron chi connectivity index (χ0n) is 12.0. The van der Waals surface area contributed by atoms with Gasteiger partial charge in [-0.3, -0.25) is 4.79 Å². The van der Waals surface area contributed by atoms with E-state index in [1.165, 1.54) is 25.5 Å². The maximum atomic E-state index is 12.7. The summed E-state index contributed by atoms with van der Waals surface area (Å²) in [6.45, 7) is 1.16. The Bertz CT molecular complexity index is 481. The molecule has 1 N–H and O–H groups in total. The SMILES string of the molecule is CS(=O)(=O)NC[C@@H]1CCCCN1C(=O)C1[C@H]2CCC[C@@H]12. The number of nitrogens with zero attached hydrogens (tertiary/aromatic N) is 1. The lowest BCUT2D eigenvalue weighted by Gasteiger charge is -2.36. The molecule has 0 bridgehead atoms. The Balaban J connectivity index is 1.61. The minimum Gasteiger partial charge on any atom is -0.338 e. The molecular weight excluding hydrogens is 276 g/mol. The number of nitrogens with one attached hydrogen (secondary N) is 1. The Labute approximate surface area is 121 Å². The van der Waals surface area contributed by atoms with Crippen LogP contribution in [0.25, 0.3) is 0 Å². The van der Waals surface area contributed by atoms with Crippen molar-refractivity contribution in [2.45, 2.75) is 44.6 Å².